The number of para-hydroxylation sites is 1. The van der Waals surface area contributed by atoms with Crippen LogP contribution < -0.4 is 10.6 Å². The van der Waals surface area contributed by atoms with Crippen LogP contribution in [0.3, 0.4) is 0 Å². The molecule has 1 heterocycles. The van der Waals surface area contributed by atoms with E-state index in [1.54, 1.807) is 0 Å². The van der Waals surface area contributed by atoms with Gasteiger partial charge in [-0.05, 0) is 30.9 Å². The van der Waals surface area contributed by atoms with Gasteiger partial charge in [0.25, 0.3) is 0 Å². The Labute approximate surface area is 127 Å². The predicted molar refractivity (Wildman–Crippen MR) is 87.4 cm³/mol. The summed E-state index contributed by atoms with van der Waals surface area (Å²) in [6.45, 7) is 9.62. The van der Waals surface area contributed by atoms with Crippen LogP contribution in [-0.2, 0) is 4.79 Å². The maximum Gasteiger partial charge on any atom is 0.239 e. The number of hydrogen-bond acceptors (Lipinski definition) is 3. The van der Waals surface area contributed by atoms with Crippen molar-refractivity contribution in [1.29, 1.82) is 0 Å². The first-order valence-electron chi connectivity index (χ1n) is 7.84. The summed E-state index contributed by atoms with van der Waals surface area (Å²) in [5.41, 5.74) is 8.57. The van der Waals surface area contributed by atoms with Gasteiger partial charge in [0.2, 0.25) is 5.91 Å². The Hall–Kier alpha value is -1.55. The second-order valence-corrected chi connectivity index (χ2v) is 6.33. The Morgan fingerprint density at radius 3 is 2.38 bits per heavy atom. The second-order valence-electron chi connectivity index (χ2n) is 6.33. The molecule has 0 aliphatic carbocycles. The molecule has 2 N–H and O–H groups in total. The SMILES string of the molecule is Cc1ccccc1N1CCN(C(=O)C(N)CC(C)C)CC1. The molecule has 1 aromatic carbocycles. The van der Waals surface area contributed by atoms with E-state index in [-0.39, 0.29) is 11.9 Å². The van der Waals surface area contributed by atoms with E-state index >= 15 is 0 Å². The molecule has 4 nitrogen and oxygen atoms in total. The van der Waals surface area contributed by atoms with Crippen molar-refractivity contribution in [3.8, 4) is 0 Å². The molecule has 116 valence electrons. The molecular formula is C17H27N3O. The minimum Gasteiger partial charge on any atom is -0.368 e. The van der Waals surface area contributed by atoms with Crippen molar-refractivity contribution < 1.29 is 4.79 Å². The van der Waals surface area contributed by atoms with Crippen LogP contribution in [0.25, 0.3) is 0 Å². The van der Waals surface area contributed by atoms with Gasteiger partial charge in [-0.1, -0.05) is 32.0 Å². The van der Waals surface area contributed by atoms with Crippen molar-refractivity contribution in [1.82, 2.24) is 4.90 Å². The first-order valence-corrected chi connectivity index (χ1v) is 7.84. The van der Waals surface area contributed by atoms with E-state index in [1.165, 1.54) is 11.3 Å². The molecule has 0 bridgehead atoms. The first kappa shape index (κ1) is 15.8. The van der Waals surface area contributed by atoms with Gasteiger partial charge in [-0.25, -0.2) is 0 Å². The Bertz CT molecular complexity index is 479. The zero-order chi connectivity index (χ0) is 15.4. The Balaban J connectivity index is 1.91. The molecule has 0 radical (unpaired) electrons. The van der Waals surface area contributed by atoms with E-state index in [0.29, 0.717) is 5.92 Å². The highest BCUT2D eigenvalue weighted by atomic mass is 16.2. The topological polar surface area (TPSA) is 49.6 Å². The van der Waals surface area contributed by atoms with Gasteiger partial charge in [-0.15, -0.1) is 0 Å². The predicted octanol–water partition coefficient (Wildman–Crippen LogP) is 2.02. The van der Waals surface area contributed by atoms with Crippen LogP contribution in [0, 0.1) is 12.8 Å². The molecule has 1 saturated heterocycles. The minimum atomic E-state index is -0.352. The van der Waals surface area contributed by atoms with Gasteiger partial charge in [-0.3, -0.25) is 4.79 Å². The Morgan fingerprint density at radius 2 is 1.81 bits per heavy atom. The van der Waals surface area contributed by atoms with Gasteiger partial charge in [0.05, 0.1) is 6.04 Å². The van der Waals surface area contributed by atoms with E-state index in [2.05, 4.69) is 49.9 Å². The number of carbonyl (C=O) groups is 1. The number of anilines is 1. The van der Waals surface area contributed by atoms with Gasteiger partial charge in [-0.2, -0.15) is 0 Å². The molecule has 0 spiro atoms. The lowest BCUT2D eigenvalue weighted by Gasteiger charge is -2.37. The quantitative estimate of drug-likeness (QED) is 0.922. The van der Waals surface area contributed by atoms with Gasteiger partial charge < -0.3 is 15.5 Å². The summed E-state index contributed by atoms with van der Waals surface area (Å²) in [5.74, 6) is 0.561. The molecular weight excluding hydrogens is 262 g/mol. The maximum absolute atomic E-state index is 12.3. The summed E-state index contributed by atoms with van der Waals surface area (Å²) in [5, 5.41) is 0. The fourth-order valence-electron chi connectivity index (χ4n) is 2.93. The molecule has 1 aliphatic rings. The van der Waals surface area contributed by atoms with Gasteiger partial charge in [0.1, 0.15) is 0 Å². The number of hydrogen-bond donors (Lipinski definition) is 1. The van der Waals surface area contributed by atoms with Gasteiger partial charge in [0, 0.05) is 31.9 Å². The minimum absolute atomic E-state index is 0.105. The maximum atomic E-state index is 12.3. The molecule has 1 amide bonds. The normalized spacial score (nSPS) is 17.2. The zero-order valence-corrected chi connectivity index (χ0v) is 13.4. The van der Waals surface area contributed by atoms with Crippen LogP contribution in [0.15, 0.2) is 24.3 Å². The van der Waals surface area contributed by atoms with Gasteiger partial charge >= 0.3 is 0 Å². The molecule has 4 heteroatoms. The highest BCUT2D eigenvalue weighted by Gasteiger charge is 2.26. The number of nitrogens with zero attached hydrogens (tertiary/aromatic N) is 2. The lowest BCUT2D eigenvalue weighted by molar-refractivity contribution is -0.133. The summed E-state index contributed by atoms with van der Waals surface area (Å²) in [7, 11) is 0. The van der Waals surface area contributed by atoms with Crippen molar-refractivity contribution in [2.24, 2.45) is 11.7 Å². The Morgan fingerprint density at radius 1 is 1.19 bits per heavy atom. The van der Waals surface area contributed by atoms with Crippen molar-refractivity contribution >= 4 is 11.6 Å². The van der Waals surface area contributed by atoms with E-state index < -0.39 is 0 Å². The van der Waals surface area contributed by atoms with Crippen molar-refractivity contribution in [3.05, 3.63) is 29.8 Å². The average Bonchev–Trinajstić information content (AvgIpc) is 2.46. The first-order chi connectivity index (χ1) is 9.99. The zero-order valence-electron chi connectivity index (χ0n) is 13.4. The Kier molecular flexibility index (Phi) is 5.23. The molecule has 1 aromatic rings. The van der Waals surface area contributed by atoms with Crippen LogP contribution >= 0.6 is 0 Å². The number of nitrogens with two attached hydrogens (primary N) is 1. The molecule has 1 unspecified atom stereocenters. The number of carbonyl (C=O) groups excluding carboxylic acids is 1. The number of piperazine rings is 1. The third-order valence-electron chi connectivity index (χ3n) is 4.09. The molecule has 0 aromatic heterocycles. The number of amides is 1. The lowest BCUT2D eigenvalue weighted by atomic mass is 10.0. The highest BCUT2D eigenvalue weighted by Crippen LogP contribution is 2.21. The summed E-state index contributed by atoms with van der Waals surface area (Å²) in [6, 6.07) is 8.06. The third kappa shape index (κ3) is 3.97. The van der Waals surface area contributed by atoms with Crippen molar-refractivity contribution in [2.45, 2.75) is 33.2 Å². The summed E-state index contributed by atoms with van der Waals surface area (Å²) < 4.78 is 0. The molecule has 2 rings (SSSR count). The van der Waals surface area contributed by atoms with Crippen LogP contribution in [0.4, 0.5) is 5.69 Å². The molecule has 0 saturated carbocycles. The third-order valence-corrected chi connectivity index (χ3v) is 4.09. The molecule has 1 fully saturated rings. The number of aryl methyl sites for hydroxylation is 1. The number of benzene rings is 1. The van der Waals surface area contributed by atoms with Crippen molar-refractivity contribution in [2.75, 3.05) is 31.1 Å². The summed E-state index contributed by atoms with van der Waals surface area (Å²) in [6.07, 6.45) is 0.761. The average molecular weight is 289 g/mol. The van der Waals surface area contributed by atoms with E-state index in [1.807, 2.05) is 4.90 Å². The summed E-state index contributed by atoms with van der Waals surface area (Å²) >= 11 is 0. The van der Waals surface area contributed by atoms with Crippen LogP contribution in [-0.4, -0.2) is 43.0 Å². The van der Waals surface area contributed by atoms with Crippen LogP contribution in [0.2, 0.25) is 0 Å². The monoisotopic (exact) mass is 289 g/mol. The second kappa shape index (κ2) is 6.94. The van der Waals surface area contributed by atoms with Crippen LogP contribution in [0.1, 0.15) is 25.8 Å². The molecule has 1 atom stereocenters. The number of rotatable bonds is 4. The largest absolute Gasteiger partial charge is 0.368 e. The molecule has 1 aliphatic heterocycles. The van der Waals surface area contributed by atoms with E-state index in [0.717, 1.165) is 32.6 Å². The fraction of sp³-hybridized carbons (Fsp3) is 0.588. The fourth-order valence-corrected chi connectivity index (χ4v) is 2.93. The van der Waals surface area contributed by atoms with Crippen molar-refractivity contribution in [3.63, 3.8) is 0 Å². The smallest absolute Gasteiger partial charge is 0.239 e. The highest BCUT2D eigenvalue weighted by molar-refractivity contribution is 5.82. The van der Waals surface area contributed by atoms with E-state index in [4.69, 9.17) is 5.73 Å². The molecule has 21 heavy (non-hydrogen) atoms. The van der Waals surface area contributed by atoms with Crippen LogP contribution in [0.5, 0.6) is 0 Å². The van der Waals surface area contributed by atoms with Gasteiger partial charge in [0.15, 0.2) is 0 Å². The lowest BCUT2D eigenvalue weighted by Crippen LogP contribution is -2.53. The van der Waals surface area contributed by atoms with E-state index in [9.17, 15) is 4.79 Å². The standard InChI is InChI=1S/C17H27N3O/c1-13(2)12-15(18)17(21)20-10-8-19(9-11-20)16-7-5-4-6-14(16)3/h4-7,13,15H,8-12,18H2,1-3H3. The summed E-state index contributed by atoms with van der Waals surface area (Å²) in [4.78, 5) is 16.6.